The zero-order chi connectivity index (χ0) is 17.9. The first-order chi connectivity index (χ1) is 11.2. The number of carbonyl (C=O) groups excluding carboxylic acids is 2. The Labute approximate surface area is 137 Å². The van der Waals surface area contributed by atoms with Gasteiger partial charge in [-0.3, -0.25) is 14.3 Å². The summed E-state index contributed by atoms with van der Waals surface area (Å²) in [6.07, 6.45) is -1.37. The summed E-state index contributed by atoms with van der Waals surface area (Å²) in [6, 6.07) is 0. The normalized spacial score (nSPS) is 19.2. The molecule has 1 aromatic heterocycles. The lowest BCUT2D eigenvalue weighted by Crippen LogP contribution is -2.33. The maximum absolute atomic E-state index is 13.1. The Kier molecular flexibility index (Phi) is 5.51. The fraction of sp³-hybridized carbons (Fsp3) is 0.667. The van der Waals surface area contributed by atoms with Gasteiger partial charge < -0.3 is 10.6 Å². The third-order valence-corrected chi connectivity index (χ3v) is 4.21. The van der Waals surface area contributed by atoms with E-state index in [1.807, 2.05) is 0 Å². The Morgan fingerprint density at radius 1 is 1.33 bits per heavy atom. The third kappa shape index (κ3) is 4.27. The van der Waals surface area contributed by atoms with Gasteiger partial charge in [0, 0.05) is 32.3 Å². The van der Waals surface area contributed by atoms with Crippen LogP contribution in [0.5, 0.6) is 0 Å². The Morgan fingerprint density at radius 2 is 2.04 bits per heavy atom. The molecular formula is C15H21F3N4O2. The maximum Gasteiger partial charge on any atom is 0.435 e. The molecule has 1 atom stereocenters. The molecule has 0 radical (unpaired) electrons. The van der Waals surface area contributed by atoms with E-state index in [1.165, 1.54) is 4.90 Å². The number of rotatable bonds is 4. The van der Waals surface area contributed by atoms with Gasteiger partial charge in [-0.15, -0.1) is 0 Å². The van der Waals surface area contributed by atoms with Gasteiger partial charge in [0.25, 0.3) is 5.91 Å². The second-order valence-corrected chi connectivity index (χ2v) is 6.00. The quantitative estimate of drug-likeness (QED) is 0.906. The van der Waals surface area contributed by atoms with Crippen LogP contribution in [0, 0.1) is 5.92 Å². The van der Waals surface area contributed by atoms with Crippen molar-refractivity contribution in [2.24, 2.45) is 11.7 Å². The van der Waals surface area contributed by atoms with Gasteiger partial charge in [-0.1, -0.05) is 0 Å². The second kappa shape index (κ2) is 7.23. The highest BCUT2D eigenvalue weighted by Gasteiger charge is 2.40. The zero-order valence-electron chi connectivity index (χ0n) is 13.5. The van der Waals surface area contributed by atoms with E-state index in [0.717, 1.165) is 17.3 Å². The van der Waals surface area contributed by atoms with Crippen molar-refractivity contribution in [2.75, 3.05) is 13.1 Å². The average molecular weight is 346 g/mol. The monoisotopic (exact) mass is 346 g/mol. The number of nitrogens with two attached hydrogens (primary N) is 1. The van der Waals surface area contributed by atoms with Gasteiger partial charge in [-0.05, 0) is 32.1 Å². The smallest absolute Gasteiger partial charge is 0.370 e. The van der Waals surface area contributed by atoms with E-state index in [0.29, 0.717) is 25.9 Å². The summed E-state index contributed by atoms with van der Waals surface area (Å²) >= 11 is 0. The Bertz CT molecular complexity index is 612. The molecule has 2 rings (SSSR count). The number of hydrogen-bond donors (Lipinski definition) is 1. The number of aryl methyl sites for hydroxylation is 1. The van der Waals surface area contributed by atoms with E-state index < -0.39 is 29.2 Å². The third-order valence-electron chi connectivity index (χ3n) is 4.21. The van der Waals surface area contributed by atoms with Crippen molar-refractivity contribution in [1.82, 2.24) is 14.7 Å². The van der Waals surface area contributed by atoms with Crippen molar-refractivity contribution in [3.8, 4) is 0 Å². The van der Waals surface area contributed by atoms with Crippen LogP contribution >= 0.6 is 0 Å². The molecule has 1 saturated heterocycles. The van der Waals surface area contributed by atoms with Gasteiger partial charge in [0.05, 0.1) is 5.56 Å². The van der Waals surface area contributed by atoms with Gasteiger partial charge in [0.15, 0.2) is 5.69 Å². The van der Waals surface area contributed by atoms with E-state index in [-0.39, 0.29) is 18.9 Å². The second-order valence-electron chi connectivity index (χ2n) is 6.00. The number of halogens is 3. The zero-order valence-corrected chi connectivity index (χ0v) is 13.5. The molecule has 9 heteroatoms. The number of primary amides is 1. The van der Waals surface area contributed by atoms with Crippen LogP contribution in [0.15, 0.2) is 6.20 Å². The predicted octanol–water partition coefficient (Wildman–Crippen LogP) is 2.04. The number of nitrogens with zero attached hydrogens (tertiary/aromatic N) is 3. The molecule has 1 fully saturated rings. The number of carbonyl (C=O) groups is 2. The van der Waals surface area contributed by atoms with E-state index in [1.54, 1.807) is 6.92 Å². The molecule has 0 aliphatic carbocycles. The molecule has 0 aromatic carbocycles. The molecule has 134 valence electrons. The van der Waals surface area contributed by atoms with Crippen molar-refractivity contribution < 1.29 is 22.8 Å². The molecule has 6 nitrogen and oxygen atoms in total. The van der Waals surface area contributed by atoms with E-state index in [4.69, 9.17) is 5.73 Å². The lowest BCUT2D eigenvalue weighted by atomic mass is 9.97. The molecule has 0 bridgehead atoms. The van der Waals surface area contributed by atoms with Crippen LogP contribution in [-0.2, 0) is 17.5 Å². The van der Waals surface area contributed by atoms with Gasteiger partial charge in [0.2, 0.25) is 5.91 Å². The van der Waals surface area contributed by atoms with Crippen LogP contribution in [-0.4, -0.2) is 39.6 Å². The molecule has 24 heavy (non-hydrogen) atoms. The van der Waals surface area contributed by atoms with Gasteiger partial charge in [0.1, 0.15) is 0 Å². The summed E-state index contributed by atoms with van der Waals surface area (Å²) in [6.45, 7) is 2.58. The summed E-state index contributed by atoms with van der Waals surface area (Å²) < 4.78 is 40.5. The van der Waals surface area contributed by atoms with Crippen LogP contribution in [0.2, 0.25) is 0 Å². The van der Waals surface area contributed by atoms with Crippen molar-refractivity contribution in [2.45, 2.75) is 45.3 Å². The van der Waals surface area contributed by atoms with Crippen molar-refractivity contribution in [3.05, 3.63) is 17.5 Å². The highest BCUT2D eigenvalue weighted by atomic mass is 19.4. The molecule has 1 aromatic rings. The van der Waals surface area contributed by atoms with Crippen molar-refractivity contribution in [1.29, 1.82) is 0 Å². The number of likely N-dealkylation sites (tertiary alicyclic amines) is 1. The van der Waals surface area contributed by atoms with Crippen LogP contribution < -0.4 is 5.73 Å². The average Bonchev–Trinajstić information content (AvgIpc) is 2.81. The van der Waals surface area contributed by atoms with Gasteiger partial charge in [-0.25, -0.2) is 0 Å². The van der Waals surface area contributed by atoms with Crippen LogP contribution in [0.4, 0.5) is 13.2 Å². The first-order valence-corrected chi connectivity index (χ1v) is 7.94. The summed E-state index contributed by atoms with van der Waals surface area (Å²) in [5.41, 5.74) is 3.63. The summed E-state index contributed by atoms with van der Waals surface area (Å²) in [4.78, 5) is 25.0. The lowest BCUT2D eigenvalue weighted by Gasteiger charge is -2.20. The molecule has 1 aliphatic rings. The predicted molar refractivity (Wildman–Crippen MR) is 80.0 cm³/mol. The molecular weight excluding hydrogens is 325 g/mol. The van der Waals surface area contributed by atoms with Crippen LogP contribution in [0.3, 0.4) is 0 Å². The molecule has 2 amide bonds. The maximum atomic E-state index is 13.1. The number of aromatic nitrogens is 2. The summed E-state index contributed by atoms with van der Waals surface area (Å²) in [7, 11) is 0. The highest BCUT2D eigenvalue weighted by Crippen LogP contribution is 2.32. The van der Waals surface area contributed by atoms with Crippen molar-refractivity contribution >= 4 is 11.8 Å². The van der Waals surface area contributed by atoms with Crippen LogP contribution in [0.25, 0.3) is 0 Å². The Hall–Kier alpha value is -2.06. The minimum absolute atomic E-state index is 0.0701. The summed E-state index contributed by atoms with van der Waals surface area (Å²) in [5, 5.41) is 3.48. The number of alkyl halides is 3. The molecule has 1 aliphatic heterocycles. The first-order valence-electron chi connectivity index (χ1n) is 7.94. The number of amides is 2. The molecule has 2 N–H and O–H groups in total. The molecule has 1 unspecified atom stereocenters. The molecule has 2 heterocycles. The van der Waals surface area contributed by atoms with Crippen LogP contribution in [0.1, 0.15) is 48.7 Å². The largest absolute Gasteiger partial charge is 0.435 e. The number of hydrogen-bond acceptors (Lipinski definition) is 3. The summed E-state index contributed by atoms with van der Waals surface area (Å²) in [5.74, 6) is -0.995. The highest BCUT2D eigenvalue weighted by molar-refractivity contribution is 5.95. The van der Waals surface area contributed by atoms with E-state index in [2.05, 4.69) is 5.10 Å². The van der Waals surface area contributed by atoms with E-state index >= 15 is 0 Å². The lowest BCUT2D eigenvalue weighted by molar-refractivity contribution is -0.141. The minimum atomic E-state index is -4.67. The van der Waals surface area contributed by atoms with Crippen molar-refractivity contribution in [3.63, 3.8) is 0 Å². The topological polar surface area (TPSA) is 81.2 Å². The molecule has 0 saturated carbocycles. The Balaban J connectivity index is 2.17. The standard InChI is InChI=1S/C15H21F3N4O2/c1-2-22-9-11(13(20-22)15(16,17)18)14(24)21-6-3-4-10(5-7-21)8-12(19)23/h9-10H,2-8H2,1H3,(H2,19,23). The van der Waals surface area contributed by atoms with E-state index in [9.17, 15) is 22.8 Å². The Morgan fingerprint density at radius 3 is 2.62 bits per heavy atom. The fourth-order valence-electron chi connectivity index (χ4n) is 2.98. The van der Waals surface area contributed by atoms with Gasteiger partial charge in [-0.2, -0.15) is 18.3 Å². The molecule has 0 spiro atoms. The first kappa shape index (κ1) is 18.3. The minimum Gasteiger partial charge on any atom is -0.370 e. The fourth-order valence-corrected chi connectivity index (χ4v) is 2.98. The SMILES string of the molecule is CCn1cc(C(=O)N2CCCC(CC(N)=O)CC2)c(C(F)(F)F)n1. The van der Waals surface area contributed by atoms with Gasteiger partial charge >= 0.3 is 6.18 Å².